The van der Waals surface area contributed by atoms with E-state index in [0.29, 0.717) is 0 Å². The summed E-state index contributed by atoms with van der Waals surface area (Å²) in [4.78, 5) is 10.3. The van der Waals surface area contributed by atoms with Crippen molar-refractivity contribution in [2.75, 3.05) is 0 Å². The largest absolute Gasteiger partial charge is 0.291 e. The molecule has 0 radical (unpaired) electrons. The van der Waals surface area contributed by atoms with Crippen molar-refractivity contribution in [1.82, 2.24) is 0 Å². The van der Waals surface area contributed by atoms with Crippen LogP contribution >= 0.6 is 46.4 Å². The van der Waals surface area contributed by atoms with E-state index in [1.54, 1.807) is 12.1 Å². The Morgan fingerprint density at radius 2 is 1.65 bits per heavy atom. The molecule has 2 atom stereocenters. The van der Waals surface area contributed by atoms with Gasteiger partial charge in [-0.1, -0.05) is 40.9 Å². The molecule has 0 heterocycles. The molecule has 4 nitrogen and oxygen atoms in total. The molecular formula is C14H11Cl4NO3S. The Hall–Kier alpha value is -0.590. The maximum atomic E-state index is 12.4. The number of halogens is 4. The minimum Gasteiger partial charge on any atom is -0.291 e. The zero-order chi connectivity index (χ0) is 17.6. The molecule has 0 N–H and O–H groups in total. The highest BCUT2D eigenvalue weighted by Gasteiger charge is 2.49. The van der Waals surface area contributed by atoms with Crippen LogP contribution in [0.5, 0.6) is 0 Å². The summed E-state index contributed by atoms with van der Waals surface area (Å²) in [6, 6.07) is 6.08. The smallest absolute Gasteiger partial charge is 0.282 e. The number of hydrogen-bond acceptors (Lipinski definition) is 3. The van der Waals surface area contributed by atoms with Crippen molar-refractivity contribution < 1.29 is 13.2 Å². The van der Waals surface area contributed by atoms with Crippen molar-refractivity contribution in [3.63, 3.8) is 0 Å². The number of alkyl halides is 2. The van der Waals surface area contributed by atoms with Gasteiger partial charge in [0.2, 0.25) is 0 Å². The van der Waals surface area contributed by atoms with E-state index in [1.165, 1.54) is 19.1 Å². The van der Waals surface area contributed by atoms with Gasteiger partial charge >= 0.3 is 0 Å². The Kier molecular flexibility index (Phi) is 5.19. The van der Waals surface area contributed by atoms with Crippen molar-refractivity contribution in [2.45, 2.75) is 29.0 Å². The van der Waals surface area contributed by atoms with Gasteiger partial charge in [-0.15, -0.1) is 23.2 Å². The minimum absolute atomic E-state index is 0.0340. The molecule has 9 heteroatoms. The number of carbonyl (C=O) groups excluding carboxylic acids is 1. The highest BCUT2D eigenvalue weighted by molar-refractivity contribution is 7.90. The summed E-state index contributed by atoms with van der Waals surface area (Å²) in [5, 5.41) is -1.95. The molecule has 1 aromatic carbocycles. The van der Waals surface area contributed by atoms with Crippen molar-refractivity contribution in [2.24, 2.45) is 4.40 Å². The first-order valence-corrected chi connectivity index (χ1v) is 9.34. The maximum absolute atomic E-state index is 12.4. The lowest BCUT2D eigenvalue weighted by atomic mass is 9.91. The van der Waals surface area contributed by atoms with Gasteiger partial charge in [-0.2, -0.15) is 12.8 Å². The highest BCUT2D eigenvalue weighted by Crippen LogP contribution is 2.40. The molecule has 0 unspecified atom stereocenters. The van der Waals surface area contributed by atoms with Gasteiger partial charge in [-0.05, 0) is 26.0 Å². The van der Waals surface area contributed by atoms with Gasteiger partial charge in [0.25, 0.3) is 10.0 Å². The quantitative estimate of drug-likeness (QED) is 0.687. The number of hydrogen-bond donors (Lipinski definition) is 0. The molecule has 0 spiro atoms. The van der Waals surface area contributed by atoms with Crippen molar-refractivity contribution >= 4 is 67.9 Å². The van der Waals surface area contributed by atoms with Crippen molar-refractivity contribution in [1.29, 1.82) is 0 Å². The SMILES string of the molecule is Cc1ccc(S(=O)(=O)N=C2C(Cl)=C(Cl)C(=O)[C@@](C)(Cl)[C@H]2Cl)cc1. The first-order chi connectivity index (χ1) is 10.5. The zero-order valence-electron chi connectivity index (χ0n) is 12.0. The van der Waals surface area contributed by atoms with Crippen LogP contribution in [0.15, 0.2) is 43.6 Å². The molecule has 1 aromatic rings. The fourth-order valence-corrected chi connectivity index (χ4v) is 4.13. The summed E-state index contributed by atoms with van der Waals surface area (Å²) < 4.78 is 28.5. The van der Waals surface area contributed by atoms with E-state index in [1.807, 2.05) is 6.92 Å². The lowest BCUT2D eigenvalue weighted by Gasteiger charge is -2.31. The first-order valence-electron chi connectivity index (χ1n) is 6.33. The molecular weight excluding hydrogens is 404 g/mol. The standard InChI is InChI=1S/C14H11Cl4NO3S/c1-7-3-5-8(6-4-7)23(21,22)19-11-9(15)10(16)13(20)14(2,18)12(11)17/h3-6,12H,1-2H3/t12-,14-/m0/s1. The zero-order valence-corrected chi connectivity index (χ0v) is 15.8. The second-order valence-corrected chi connectivity index (χ2v) is 8.74. The van der Waals surface area contributed by atoms with E-state index < -0.39 is 26.1 Å². The number of aryl methyl sites for hydroxylation is 1. The average molecular weight is 415 g/mol. The first kappa shape index (κ1) is 18.7. The second kappa shape index (κ2) is 6.37. The molecule has 0 aliphatic heterocycles. The summed E-state index contributed by atoms with van der Waals surface area (Å²) in [6.07, 6.45) is 0. The maximum Gasteiger partial charge on any atom is 0.282 e. The molecule has 0 saturated heterocycles. The Morgan fingerprint density at radius 3 is 2.17 bits per heavy atom. The van der Waals surface area contributed by atoms with E-state index >= 15 is 0 Å². The Balaban J connectivity index is 2.61. The van der Waals surface area contributed by atoms with Crippen LogP contribution in [0.4, 0.5) is 0 Å². The lowest BCUT2D eigenvalue weighted by Crippen LogP contribution is -2.47. The van der Waals surface area contributed by atoms with Crippen molar-refractivity contribution in [3.8, 4) is 0 Å². The summed E-state index contributed by atoms with van der Waals surface area (Å²) in [5.74, 6) is -0.683. The molecule has 0 fully saturated rings. The van der Waals surface area contributed by atoms with Crippen LogP contribution in [0, 0.1) is 6.92 Å². The van der Waals surface area contributed by atoms with Gasteiger partial charge in [0.1, 0.15) is 15.3 Å². The van der Waals surface area contributed by atoms with Crippen LogP contribution in [0.2, 0.25) is 0 Å². The topological polar surface area (TPSA) is 63.6 Å². The Bertz CT molecular complexity index is 826. The highest BCUT2D eigenvalue weighted by atomic mass is 35.5. The normalized spacial score (nSPS) is 27.7. The lowest BCUT2D eigenvalue weighted by molar-refractivity contribution is -0.117. The fraction of sp³-hybridized carbons (Fsp3) is 0.286. The van der Waals surface area contributed by atoms with Crippen LogP contribution in [0.25, 0.3) is 0 Å². The third kappa shape index (κ3) is 3.44. The van der Waals surface area contributed by atoms with Gasteiger partial charge in [-0.3, -0.25) is 4.79 Å². The average Bonchev–Trinajstić information content (AvgIpc) is 2.49. The van der Waals surface area contributed by atoms with Gasteiger partial charge in [0.15, 0.2) is 5.78 Å². The number of ketones is 1. The third-order valence-electron chi connectivity index (χ3n) is 3.31. The van der Waals surface area contributed by atoms with Gasteiger partial charge < -0.3 is 0 Å². The summed E-state index contributed by atoms with van der Waals surface area (Å²) in [7, 11) is -4.08. The minimum atomic E-state index is -4.08. The summed E-state index contributed by atoms with van der Waals surface area (Å²) >= 11 is 24.0. The molecule has 0 saturated carbocycles. The van der Waals surface area contributed by atoms with Crippen LogP contribution in [-0.4, -0.2) is 30.2 Å². The molecule has 0 aromatic heterocycles. The van der Waals surface area contributed by atoms with Gasteiger partial charge in [-0.25, -0.2) is 0 Å². The van der Waals surface area contributed by atoms with Gasteiger partial charge in [0, 0.05) is 0 Å². The number of carbonyl (C=O) groups is 1. The Labute approximate surface area is 154 Å². The molecule has 1 aliphatic rings. The predicted molar refractivity (Wildman–Crippen MR) is 93.4 cm³/mol. The third-order valence-corrected chi connectivity index (χ3v) is 6.60. The van der Waals surface area contributed by atoms with Crippen LogP contribution < -0.4 is 0 Å². The number of sulfonamides is 1. The van der Waals surface area contributed by atoms with Crippen LogP contribution in [0.1, 0.15) is 12.5 Å². The number of benzene rings is 1. The molecule has 124 valence electrons. The number of rotatable bonds is 2. The number of Topliss-reactive ketones (excluding diaryl/α,β-unsaturated/α-hetero) is 1. The second-order valence-electron chi connectivity index (χ2n) is 5.16. The van der Waals surface area contributed by atoms with Crippen LogP contribution in [0.3, 0.4) is 0 Å². The van der Waals surface area contributed by atoms with Gasteiger partial charge in [0.05, 0.1) is 15.6 Å². The monoisotopic (exact) mass is 413 g/mol. The van der Waals surface area contributed by atoms with Crippen molar-refractivity contribution in [3.05, 3.63) is 39.9 Å². The molecule has 2 rings (SSSR count). The van der Waals surface area contributed by atoms with E-state index in [2.05, 4.69) is 4.40 Å². The number of nitrogens with zero attached hydrogens (tertiary/aromatic N) is 1. The van der Waals surface area contributed by atoms with E-state index in [9.17, 15) is 13.2 Å². The van der Waals surface area contributed by atoms with E-state index in [-0.39, 0.29) is 20.7 Å². The molecule has 0 amide bonds. The van der Waals surface area contributed by atoms with E-state index in [4.69, 9.17) is 46.4 Å². The molecule has 1 aliphatic carbocycles. The Morgan fingerprint density at radius 1 is 1.13 bits per heavy atom. The van der Waals surface area contributed by atoms with E-state index in [0.717, 1.165) is 5.56 Å². The number of allylic oxidation sites excluding steroid dienone is 2. The fourth-order valence-electron chi connectivity index (χ4n) is 1.89. The summed E-state index contributed by atoms with van der Waals surface area (Å²) in [5.41, 5.74) is 0.639. The molecule has 0 bridgehead atoms. The van der Waals surface area contributed by atoms with Crippen LogP contribution in [-0.2, 0) is 14.8 Å². The summed E-state index contributed by atoms with van der Waals surface area (Å²) in [6.45, 7) is 3.15. The molecule has 23 heavy (non-hydrogen) atoms. The predicted octanol–water partition coefficient (Wildman–Crippen LogP) is 4.00.